The molecule has 0 bridgehead atoms. The van der Waals surface area contributed by atoms with Gasteiger partial charge in [-0.05, 0) is 87.7 Å². The molecule has 5 nitrogen and oxygen atoms in total. The van der Waals surface area contributed by atoms with E-state index in [1.54, 1.807) is 42.5 Å². The lowest BCUT2D eigenvalue weighted by molar-refractivity contribution is 0.101. The van der Waals surface area contributed by atoms with Crippen molar-refractivity contribution in [1.82, 2.24) is 0 Å². The first-order chi connectivity index (χ1) is 18.7. The van der Waals surface area contributed by atoms with E-state index in [9.17, 15) is 14.7 Å². The summed E-state index contributed by atoms with van der Waals surface area (Å²) in [6.45, 7) is 6.16. The molecular formula is C34H30O5. The molecule has 1 aliphatic rings. The molecule has 1 N–H and O–H groups in total. The van der Waals surface area contributed by atoms with E-state index < -0.39 is 5.60 Å². The maximum absolute atomic E-state index is 13.0. The van der Waals surface area contributed by atoms with Crippen LogP contribution in [0, 0.1) is 0 Å². The van der Waals surface area contributed by atoms with Crippen molar-refractivity contribution in [3.8, 4) is 11.5 Å². The Bertz CT molecular complexity index is 1650. The highest BCUT2D eigenvalue weighted by Crippen LogP contribution is 2.40. The molecule has 1 aliphatic heterocycles. The molecule has 0 spiro atoms. The number of ether oxygens (including phenoxy) is 1. The fourth-order valence-corrected chi connectivity index (χ4v) is 4.64. The van der Waals surface area contributed by atoms with Crippen LogP contribution in [0.1, 0.15) is 71.2 Å². The number of benzene rings is 3. The zero-order chi connectivity index (χ0) is 27.6. The Labute approximate surface area is 227 Å². The summed E-state index contributed by atoms with van der Waals surface area (Å²) < 4.78 is 12.0. The third-order valence-corrected chi connectivity index (χ3v) is 6.81. The lowest BCUT2D eigenvalue weighted by atomic mass is 9.93. The maximum Gasteiger partial charge on any atom is 0.228 e. The van der Waals surface area contributed by atoms with Crippen molar-refractivity contribution in [3.05, 3.63) is 119 Å². The quantitative estimate of drug-likeness (QED) is 0.145. The minimum Gasteiger partial charge on any atom is -0.506 e. The van der Waals surface area contributed by atoms with Crippen molar-refractivity contribution in [2.75, 3.05) is 0 Å². The van der Waals surface area contributed by atoms with Gasteiger partial charge in [0.25, 0.3) is 0 Å². The van der Waals surface area contributed by atoms with Gasteiger partial charge in [-0.1, -0.05) is 54.1 Å². The molecule has 5 heteroatoms. The van der Waals surface area contributed by atoms with Crippen LogP contribution < -0.4 is 4.74 Å². The van der Waals surface area contributed by atoms with Crippen LogP contribution in [0.5, 0.6) is 11.5 Å². The molecule has 1 aromatic heterocycles. The molecule has 5 rings (SSSR count). The summed E-state index contributed by atoms with van der Waals surface area (Å²) in [6, 6.07) is 19.4. The Hall–Kier alpha value is -4.64. The summed E-state index contributed by atoms with van der Waals surface area (Å²) in [4.78, 5) is 25.7. The molecule has 3 aromatic carbocycles. The van der Waals surface area contributed by atoms with Crippen LogP contribution in [0.15, 0.2) is 94.9 Å². The van der Waals surface area contributed by atoms with Crippen molar-refractivity contribution in [2.24, 2.45) is 0 Å². The van der Waals surface area contributed by atoms with E-state index in [2.05, 4.69) is 19.9 Å². The zero-order valence-electron chi connectivity index (χ0n) is 22.2. The number of allylic oxidation sites excluding steroid dienone is 3. The molecular weight excluding hydrogens is 488 g/mol. The molecule has 0 amide bonds. The number of rotatable bonds is 8. The van der Waals surface area contributed by atoms with E-state index in [1.807, 2.05) is 49.4 Å². The second kappa shape index (κ2) is 10.6. The van der Waals surface area contributed by atoms with Crippen LogP contribution in [0.2, 0.25) is 0 Å². The van der Waals surface area contributed by atoms with Gasteiger partial charge >= 0.3 is 0 Å². The smallest absolute Gasteiger partial charge is 0.228 e. The fraction of sp³-hybridized carbons (Fsp3) is 0.176. The van der Waals surface area contributed by atoms with Crippen molar-refractivity contribution >= 4 is 34.7 Å². The van der Waals surface area contributed by atoms with Crippen LogP contribution in [0.25, 0.3) is 23.1 Å². The van der Waals surface area contributed by atoms with Gasteiger partial charge in [-0.3, -0.25) is 9.59 Å². The normalized spacial score (nSPS) is 16.2. The lowest BCUT2D eigenvalue weighted by Gasteiger charge is -2.32. The number of aromatic hydroxyl groups is 1. The minimum atomic E-state index is -0.478. The number of carbonyl (C=O) groups excluding carboxylic acids is 2. The molecule has 1 unspecified atom stereocenters. The molecule has 1 atom stereocenters. The summed E-state index contributed by atoms with van der Waals surface area (Å²) in [6.07, 6.45) is 10.8. The van der Waals surface area contributed by atoms with Crippen molar-refractivity contribution < 1.29 is 23.8 Å². The lowest BCUT2D eigenvalue weighted by Crippen LogP contribution is -2.31. The van der Waals surface area contributed by atoms with Gasteiger partial charge in [0.15, 0.2) is 11.5 Å². The summed E-state index contributed by atoms with van der Waals surface area (Å²) in [5, 5.41) is 11.6. The van der Waals surface area contributed by atoms with Gasteiger partial charge in [0.1, 0.15) is 22.7 Å². The summed E-state index contributed by atoms with van der Waals surface area (Å²) >= 11 is 0. The highest BCUT2D eigenvalue weighted by molar-refractivity contribution is 6.10. The Morgan fingerprint density at radius 1 is 1.00 bits per heavy atom. The summed E-state index contributed by atoms with van der Waals surface area (Å²) in [7, 11) is 0. The molecule has 0 saturated heterocycles. The van der Waals surface area contributed by atoms with Gasteiger partial charge in [0, 0.05) is 10.9 Å². The summed E-state index contributed by atoms with van der Waals surface area (Å²) in [5.74, 6) is 0.206. The van der Waals surface area contributed by atoms with Crippen LogP contribution in [0.4, 0.5) is 0 Å². The molecule has 39 heavy (non-hydrogen) atoms. The Balaban J connectivity index is 1.32. The van der Waals surface area contributed by atoms with Crippen LogP contribution >= 0.6 is 0 Å². The predicted molar refractivity (Wildman–Crippen MR) is 154 cm³/mol. The average molecular weight is 519 g/mol. The topological polar surface area (TPSA) is 76.7 Å². The zero-order valence-corrected chi connectivity index (χ0v) is 22.2. The van der Waals surface area contributed by atoms with Crippen molar-refractivity contribution in [3.63, 3.8) is 0 Å². The number of carbonyl (C=O) groups is 2. The number of phenols is 1. The molecule has 0 radical (unpaired) electrons. The van der Waals surface area contributed by atoms with E-state index in [4.69, 9.17) is 9.15 Å². The predicted octanol–water partition coefficient (Wildman–Crippen LogP) is 8.18. The second-order valence-electron chi connectivity index (χ2n) is 10.2. The molecule has 4 aromatic rings. The van der Waals surface area contributed by atoms with E-state index >= 15 is 0 Å². The monoisotopic (exact) mass is 518 g/mol. The van der Waals surface area contributed by atoms with E-state index in [0.29, 0.717) is 22.5 Å². The Kier molecular flexibility index (Phi) is 7.07. The Morgan fingerprint density at radius 2 is 1.79 bits per heavy atom. The number of fused-ring (bicyclic) bond motifs is 2. The molecule has 0 saturated carbocycles. The third kappa shape index (κ3) is 5.63. The van der Waals surface area contributed by atoms with E-state index in [-0.39, 0.29) is 28.6 Å². The van der Waals surface area contributed by atoms with Gasteiger partial charge in [-0.25, -0.2) is 0 Å². The largest absolute Gasteiger partial charge is 0.506 e. The van der Waals surface area contributed by atoms with Crippen LogP contribution in [-0.2, 0) is 0 Å². The average Bonchev–Trinajstić information content (AvgIpc) is 3.35. The SMILES string of the molecule is CC(C)=CCCC1(C)C=Cc2c(ccc(C(=O)/C=C/c3ccc4oc(C(=O)c5ccccc5)cc4c3)c2O)O1. The fourth-order valence-electron chi connectivity index (χ4n) is 4.64. The number of furan rings is 1. The van der Waals surface area contributed by atoms with Gasteiger partial charge in [0.05, 0.1) is 11.1 Å². The highest BCUT2D eigenvalue weighted by atomic mass is 16.5. The standard InChI is InChI=1S/C34H30O5/c1-22(2)8-7-18-34(3)19-17-27-30(39-34)16-13-26(33(27)37)28(35)14-11-23-12-15-29-25(20-23)21-31(38-29)32(36)24-9-5-4-6-10-24/h4-6,8-17,19-21,37H,7,18H2,1-3H3/b14-11+. The Morgan fingerprint density at radius 3 is 2.56 bits per heavy atom. The first kappa shape index (κ1) is 26.0. The van der Waals surface area contributed by atoms with Gasteiger partial charge in [-0.2, -0.15) is 0 Å². The molecule has 0 fully saturated rings. The number of ketones is 2. The molecule has 196 valence electrons. The van der Waals surface area contributed by atoms with Crippen molar-refractivity contribution in [1.29, 1.82) is 0 Å². The highest BCUT2D eigenvalue weighted by Gasteiger charge is 2.29. The van der Waals surface area contributed by atoms with Gasteiger partial charge in [-0.15, -0.1) is 0 Å². The first-order valence-electron chi connectivity index (χ1n) is 13.0. The number of phenolic OH excluding ortho intramolecular Hbond substituents is 1. The third-order valence-electron chi connectivity index (χ3n) is 6.81. The maximum atomic E-state index is 13.0. The van der Waals surface area contributed by atoms with Crippen LogP contribution in [-0.4, -0.2) is 22.3 Å². The van der Waals surface area contributed by atoms with Gasteiger partial charge in [0.2, 0.25) is 5.78 Å². The van der Waals surface area contributed by atoms with Crippen molar-refractivity contribution in [2.45, 2.75) is 39.2 Å². The van der Waals surface area contributed by atoms with Crippen LogP contribution in [0.3, 0.4) is 0 Å². The van der Waals surface area contributed by atoms with E-state index in [0.717, 1.165) is 23.8 Å². The molecule has 2 heterocycles. The first-order valence-corrected chi connectivity index (χ1v) is 13.0. The second-order valence-corrected chi connectivity index (χ2v) is 10.2. The van der Waals surface area contributed by atoms with Gasteiger partial charge < -0.3 is 14.3 Å². The summed E-state index contributed by atoms with van der Waals surface area (Å²) in [5.41, 5.74) is 3.40. The number of hydrogen-bond donors (Lipinski definition) is 1. The number of hydrogen-bond acceptors (Lipinski definition) is 5. The minimum absolute atomic E-state index is 0.0981. The molecule has 0 aliphatic carbocycles. The van der Waals surface area contributed by atoms with E-state index in [1.165, 1.54) is 11.6 Å².